The van der Waals surface area contributed by atoms with Crippen LogP contribution in [0, 0.1) is 17.8 Å². The van der Waals surface area contributed by atoms with Crippen molar-refractivity contribution in [3.63, 3.8) is 0 Å². The fraction of sp³-hybridized carbons (Fsp3) is 0.950. The van der Waals surface area contributed by atoms with Crippen LogP contribution >= 0.6 is 0 Å². The maximum atomic E-state index is 13.2. The van der Waals surface area contributed by atoms with Crippen LogP contribution < -0.4 is 5.32 Å². The summed E-state index contributed by atoms with van der Waals surface area (Å²) in [6, 6.07) is 0.274. The van der Waals surface area contributed by atoms with Gasteiger partial charge in [-0.15, -0.1) is 0 Å². The van der Waals surface area contributed by atoms with Crippen LogP contribution in [0.2, 0.25) is 0 Å². The number of rotatable bonds is 4. The van der Waals surface area contributed by atoms with Crippen molar-refractivity contribution in [1.82, 2.24) is 13.9 Å². The zero-order chi connectivity index (χ0) is 19.4. The lowest BCUT2D eigenvalue weighted by Gasteiger charge is -2.39. The van der Waals surface area contributed by atoms with Crippen molar-refractivity contribution in [3.8, 4) is 0 Å². The molecule has 0 spiro atoms. The topological polar surface area (TPSA) is 69.7 Å². The van der Waals surface area contributed by atoms with Crippen molar-refractivity contribution in [2.75, 3.05) is 26.2 Å². The Kier molecular flexibility index (Phi) is 7.20. The van der Waals surface area contributed by atoms with E-state index in [4.69, 9.17) is 0 Å². The SMILES string of the molecule is CC1CC(C)CN(S(=O)(=O)N2CCCC(C(=O)NC3CCCCCC3)C2)C1. The molecule has 0 aromatic heterocycles. The number of nitrogens with one attached hydrogen (secondary N) is 1. The zero-order valence-corrected chi connectivity index (χ0v) is 17.8. The molecule has 3 fully saturated rings. The second-order valence-corrected chi connectivity index (χ2v) is 11.1. The third-order valence-corrected chi connectivity index (χ3v) is 8.38. The number of carbonyl (C=O) groups is 1. The molecule has 27 heavy (non-hydrogen) atoms. The second kappa shape index (κ2) is 9.23. The van der Waals surface area contributed by atoms with Gasteiger partial charge < -0.3 is 5.32 Å². The first-order chi connectivity index (χ1) is 12.9. The Morgan fingerprint density at radius 3 is 2.11 bits per heavy atom. The Labute approximate surface area is 165 Å². The predicted molar refractivity (Wildman–Crippen MR) is 107 cm³/mol. The van der Waals surface area contributed by atoms with E-state index in [0.717, 1.165) is 32.1 Å². The van der Waals surface area contributed by atoms with E-state index in [9.17, 15) is 13.2 Å². The summed E-state index contributed by atoms with van der Waals surface area (Å²) in [5.74, 6) is 0.629. The molecule has 1 saturated carbocycles. The Balaban J connectivity index is 1.60. The second-order valence-electron chi connectivity index (χ2n) is 9.17. The monoisotopic (exact) mass is 399 g/mol. The maximum Gasteiger partial charge on any atom is 0.282 e. The summed E-state index contributed by atoms with van der Waals surface area (Å²) in [4.78, 5) is 12.8. The molecule has 2 saturated heterocycles. The van der Waals surface area contributed by atoms with Crippen LogP contribution in [-0.4, -0.2) is 55.2 Å². The number of piperidine rings is 2. The van der Waals surface area contributed by atoms with E-state index in [-0.39, 0.29) is 17.9 Å². The lowest BCUT2D eigenvalue weighted by atomic mass is 9.94. The lowest BCUT2D eigenvalue weighted by Crippen LogP contribution is -2.54. The average molecular weight is 400 g/mol. The van der Waals surface area contributed by atoms with Gasteiger partial charge in [0, 0.05) is 32.2 Å². The van der Waals surface area contributed by atoms with Crippen molar-refractivity contribution in [3.05, 3.63) is 0 Å². The Morgan fingerprint density at radius 1 is 0.852 bits per heavy atom. The summed E-state index contributed by atoms with van der Waals surface area (Å²) in [5.41, 5.74) is 0. The molecule has 3 unspecified atom stereocenters. The molecule has 6 nitrogen and oxygen atoms in total. The van der Waals surface area contributed by atoms with Crippen LogP contribution in [-0.2, 0) is 15.0 Å². The standard InChI is InChI=1S/C20H37N3O3S/c1-16-12-17(2)14-23(13-16)27(25,26)22-11-7-8-18(15-22)20(24)21-19-9-5-3-4-6-10-19/h16-19H,3-15H2,1-2H3,(H,21,24). The van der Waals surface area contributed by atoms with E-state index in [1.807, 2.05) is 0 Å². The number of nitrogens with zero attached hydrogens (tertiary/aromatic N) is 2. The largest absolute Gasteiger partial charge is 0.353 e. The van der Waals surface area contributed by atoms with Gasteiger partial charge in [-0.3, -0.25) is 4.79 Å². The van der Waals surface area contributed by atoms with Crippen molar-refractivity contribution in [2.45, 2.75) is 77.7 Å². The fourth-order valence-corrected chi connectivity index (χ4v) is 7.01. The average Bonchev–Trinajstić information content (AvgIpc) is 2.89. The van der Waals surface area contributed by atoms with Crippen LogP contribution in [0.15, 0.2) is 0 Å². The van der Waals surface area contributed by atoms with Gasteiger partial charge in [-0.2, -0.15) is 17.0 Å². The highest BCUT2D eigenvalue weighted by atomic mass is 32.2. The van der Waals surface area contributed by atoms with Crippen LogP contribution in [0.5, 0.6) is 0 Å². The van der Waals surface area contributed by atoms with E-state index in [2.05, 4.69) is 19.2 Å². The zero-order valence-electron chi connectivity index (χ0n) is 17.0. The van der Waals surface area contributed by atoms with Gasteiger partial charge in [-0.05, 0) is 43.9 Å². The number of hydrogen-bond donors (Lipinski definition) is 1. The highest BCUT2D eigenvalue weighted by Crippen LogP contribution is 2.28. The highest BCUT2D eigenvalue weighted by Gasteiger charge is 2.38. The van der Waals surface area contributed by atoms with E-state index in [1.165, 1.54) is 25.7 Å². The summed E-state index contributed by atoms with van der Waals surface area (Å²) in [6.07, 6.45) is 9.64. The Bertz CT molecular complexity index is 592. The molecule has 0 aromatic carbocycles. The molecule has 7 heteroatoms. The third-order valence-electron chi connectivity index (χ3n) is 6.44. The third kappa shape index (κ3) is 5.45. The summed E-state index contributed by atoms with van der Waals surface area (Å²) < 4.78 is 29.5. The van der Waals surface area contributed by atoms with Gasteiger partial charge in [0.25, 0.3) is 10.2 Å². The predicted octanol–water partition coefficient (Wildman–Crippen LogP) is 2.76. The quantitative estimate of drug-likeness (QED) is 0.739. The van der Waals surface area contributed by atoms with Crippen LogP contribution in [0.25, 0.3) is 0 Å². The molecule has 3 aliphatic rings. The number of amides is 1. The van der Waals surface area contributed by atoms with Gasteiger partial charge in [0.2, 0.25) is 5.91 Å². The number of hydrogen-bond acceptors (Lipinski definition) is 3. The number of carbonyl (C=O) groups excluding carboxylic acids is 1. The minimum Gasteiger partial charge on any atom is -0.353 e. The van der Waals surface area contributed by atoms with Gasteiger partial charge in [0.05, 0.1) is 5.92 Å². The van der Waals surface area contributed by atoms with Gasteiger partial charge in [-0.25, -0.2) is 0 Å². The molecule has 0 bridgehead atoms. The molecule has 1 N–H and O–H groups in total. The fourth-order valence-electron chi connectivity index (χ4n) is 5.07. The molecule has 2 heterocycles. The van der Waals surface area contributed by atoms with E-state index in [1.54, 1.807) is 8.61 Å². The summed E-state index contributed by atoms with van der Waals surface area (Å²) in [5, 5.41) is 3.22. The molecule has 0 aromatic rings. The van der Waals surface area contributed by atoms with E-state index < -0.39 is 10.2 Å². The van der Waals surface area contributed by atoms with Crippen molar-refractivity contribution >= 4 is 16.1 Å². The maximum absolute atomic E-state index is 13.2. The van der Waals surface area contributed by atoms with Gasteiger partial charge >= 0.3 is 0 Å². The van der Waals surface area contributed by atoms with Crippen molar-refractivity contribution in [2.24, 2.45) is 17.8 Å². The molecule has 2 aliphatic heterocycles. The van der Waals surface area contributed by atoms with Gasteiger partial charge in [0.1, 0.15) is 0 Å². The smallest absolute Gasteiger partial charge is 0.282 e. The summed E-state index contributed by atoms with van der Waals surface area (Å²) in [6.45, 7) is 6.31. The molecule has 0 radical (unpaired) electrons. The molecule has 156 valence electrons. The molecule has 1 aliphatic carbocycles. The minimum absolute atomic E-state index is 0.0576. The lowest BCUT2D eigenvalue weighted by molar-refractivity contribution is -0.126. The first-order valence-electron chi connectivity index (χ1n) is 10.9. The van der Waals surface area contributed by atoms with Crippen LogP contribution in [0.4, 0.5) is 0 Å². The van der Waals surface area contributed by atoms with Crippen molar-refractivity contribution in [1.29, 1.82) is 0 Å². The molecule has 1 amide bonds. The van der Waals surface area contributed by atoms with E-state index in [0.29, 0.717) is 38.0 Å². The molecular formula is C20H37N3O3S. The van der Waals surface area contributed by atoms with Gasteiger partial charge in [0.15, 0.2) is 0 Å². The Hall–Kier alpha value is -0.660. The normalized spacial score (nSPS) is 32.7. The van der Waals surface area contributed by atoms with Crippen LogP contribution in [0.1, 0.15) is 71.6 Å². The Morgan fingerprint density at radius 2 is 1.48 bits per heavy atom. The molecule has 3 atom stereocenters. The van der Waals surface area contributed by atoms with Crippen LogP contribution in [0.3, 0.4) is 0 Å². The van der Waals surface area contributed by atoms with Crippen molar-refractivity contribution < 1.29 is 13.2 Å². The first-order valence-corrected chi connectivity index (χ1v) is 12.3. The summed E-state index contributed by atoms with van der Waals surface area (Å²) in [7, 11) is -3.47. The first kappa shape index (κ1) is 21.1. The molecular weight excluding hydrogens is 362 g/mol. The van der Waals surface area contributed by atoms with E-state index >= 15 is 0 Å². The molecule has 3 rings (SSSR count). The minimum atomic E-state index is -3.47. The summed E-state index contributed by atoms with van der Waals surface area (Å²) >= 11 is 0. The highest BCUT2D eigenvalue weighted by molar-refractivity contribution is 7.86. The van der Waals surface area contributed by atoms with Gasteiger partial charge in [-0.1, -0.05) is 39.5 Å².